The molecule has 0 spiro atoms. The van der Waals surface area contributed by atoms with Crippen molar-refractivity contribution in [1.29, 1.82) is 0 Å². The first-order chi connectivity index (χ1) is 13.9. The third kappa shape index (κ3) is 3.09. The summed E-state index contributed by atoms with van der Waals surface area (Å²) in [5, 5.41) is 0. The van der Waals surface area contributed by atoms with Crippen molar-refractivity contribution in [1.82, 2.24) is 0 Å². The van der Waals surface area contributed by atoms with Crippen LogP contribution < -0.4 is 0 Å². The van der Waals surface area contributed by atoms with E-state index in [1.165, 1.54) is 57.8 Å². The maximum absolute atomic E-state index is 6.18. The first-order valence-electron chi connectivity index (χ1n) is 12.4. The molecule has 29 heavy (non-hydrogen) atoms. The molecule has 0 aromatic heterocycles. The summed E-state index contributed by atoms with van der Waals surface area (Å²) in [5.74, 6) is 3.78. The molecule has 5 rings (SSSR count). The highest BCUT2D eigenvalue weighted by Gasteiger charge is 2.63. The van der Waals surface area contributed by atoms with E-state index in [-0.39, 0.29) is 5.79 Å². The molecule has 5 fully saturated rings. The largest absolute Gasteiger partial charge is 0.374 e. The zero-order valence-electron chi connectivity index (χ0n) is 19.0. The zero-order valence-corrected chi connectivity index (χ0v) is 19.0. The Morgan fingerprint density at radius 3 is 2.38 bits per heavy atom. The number of hydrogen-bond donors (Lipinski definition) is 0. The van der Waals surface area contributed by atoms with Crippen LogP contribution in [-0.2, 0) is 14.2 Å². The smallest absolute Gasteiger partial charge is 0.169 e. The average molecular weight is 403 g/mol. The van der Waals surface area contributed by atoms with E-state index in [2.05, 4.69) is 27.4 Å². The fourth-order valence-corrected chi connectivity index (χ4v) is 9.17. The summed E-state index contributed by atoms with van der Waals surface area (Å²) in [6.07, 6.45) is 14.5. The van der Waals surface area contributed by atoms with Crippen LogP contribution in [0.4, 0.5) is 0 Å². The van der Waals surface area contributed by atoms with E-state index in [0.717, 1.165) is 36.9 Å². The standard InChI is InChI=1S/C26H42O3/c1-5-14-27-19-10-12-24(2)18(17-19)6-7-20-21-8-9-23(26(4)28-15-16-29-26)25(21,3)13-11-22(20)24/h5,18-23H,1,6-17H2,2-4H3/t18-,19+,20?,21?,22?,23-,24-,25-/m0/s1. The Balaban J connectivity index is 1.34. The molecule has 0 aromatic rings. The van der Waals surface area contributed by atoms with Crippen LogP contribution in [0.25, 0.3) is 0 Å². The second-order valence-corrected chi connectivity index (χ2v) is 11.6. The summed E-state index contributed by atoms with van der Waals surface area (Å²) in [4.78, 5) is 0. The number of rotatable bonds is 4. The third-order valence-electron chi connectivity index (χ3n) is 10.6. The third-order valence-corrected chi connectivity index (χ3v) is 10.6. The molecule has 4 saturated carbocycles. The van der Waals surface area contributed by atoms with Gasteiger partial charge in [0.1, 0.15) is 0 Å². The van der Waals surface area contributed by atoms with Gasteiger partial charge < -0.3 is 14.2 Å². The first kappa shape index (κ1) is 20.5. The van der Waals surface area contributed by atoms with Gasteiger partial charge in [-0.3, -0.25) is 0 Å². The number of fused-ring (bicyclic) bond motifs is 5. The molecule has 164 valence electrons. The molecule has 3 unspecified atom stereocenters. The summed E-state index contributed by atoms with van der Waals surface area (Å²) in [6, 6.07) is 0. The van der Waals surface area contributed by atoms with Gasteiger partial charge >= 0.3 is 0 Å². The second kappa shape index (κ2) is 7.35. The van der Waals surface area contributed by atoms with E-state index >= 15 is 0 Å². The highest BCUT2D eigenvalue weighted by atomic mass is 16.7. The molecule has 0 radical (unpaired) electrons. The van der Waals surface area contributed by atoms with Crippen LogP contribution in [0, 0.1) is 40.4 Å². The maximum Gasteiger partial charge on any atom is 0.169 e. The summed E-state index contributed by atoms with van der Waals surface area (Å²) in [5.41, 5.74) is 0.925. The minimum Gasteiger partial charge on any atom is -0.374 e. The van der Waals surface area contributed by atoms with Crippen molar-refractivity contribution in [2.45, 2.75) is 90.4 Å². The Kier molecular flexibility index (Phi) is 5.20. The molecular formula is C26H42O3. The van der Waals surface area contributed by atoms with Gasteiger partial charge in [0, 0.05) is 5.92 Å². The molecule has 1 heterocycles. The van der Waals surface area contributed by atoms with Crippen molar-refractivity contribution in [3.05, 3.63) is 12.7 Å². The first-order valence-corrected chi connectivity index (χ1v) is 12.4. The molecule has 5 aliphatic rings. The maximum atomic E-state index is 6.18. The summed E-state index contributed by atoms with van der Waals surface area (Å²) in [6.45, 7) is 13.6. The molecule has 8 atom stereocenters. The van der Waals surface area contributed by atoms with Crippen molar-refractivity contribution >= 4 is 0 Å². The summed E-state index contributed by atoms with van der Waals surface area (Å²) in [7, 11) is 0. The lowest BCUT2D eigenvalue weighted by atomic mass is 9.44. The Bertz CT molecular complexity index is 625. The quantitative estimate of drug-likeness (QED) is 0.541. The molecule has 0 amide bonds. The highest BCUT2D eigenvalue weighted by molar-refractivity contribution is 5.11. The van der Waals surface area contributed by atoms with Crippen LogP contribution in [0.1, 0.15) is 78.6 Å². The Hall–Kier alpha value is -0.380. The molecule has 0 N–H and O–H groups in total. The van der Waals surface area contributed by atoms with Crippen molar-refractivity contribution in [3.63, 3.8) is 0 Å². The fraction of sp³-hybridized carbons (Fsp3) is 0.923. The van der Waals surface area contributed by atoms with E-state index in [1.807, 2.05) is 6.08 Å². The molecule has 3 nitrogen and oxygen atoms in total. The Labute approximate surface area is 177 Å². The summed E-state index contributed by atoms with van der Waals surface area (Å²) < 4.78 is 18.4. The van der Waals surface area contributed by atoms with Crippen LogP contribution in [0.3, 0.4) is 0 Å². The van der Waals surface area contributed by atoms with Gasteiger partial charge in [-0.25, -0.2) is 0 Å². The molecule has 3 heteroatoms. The SMILES string of the molecule is C=CCO[C@@H]1CC[C@]2(C)C3CC[C@@]4(C)C(CC[C@@H]4C4(C)OCCO4)C3CC[C@H]2C1. The van der Waals surface area contributed by atoms with Crippen LogP contribution in [0.5, 0.6) is 0 Å². The van der Waals surface area contributed by atoms with E-state index in [9.17, 15) is 0 Å². The average Bonchev–Trinajstić information content (AvgIpc) is 3.30. The summed E-state index contributed by atoms with van der Waals surface area (Å²) >= 11 is 0. The Morgan fingerprint density at radius 2 is 1.62 bits per heavy atom. The van der Waals surface area contributed by atoms with Gasteiger partial charge in [0.2, 0.25) is 0 Å². The van der Waals surface area contributed by atoms with Gasteiger partial charge in [-0.2, -0.15) is 0 Å². The topological polar surface area (TPSA) is 27.7 Å². The van der Waals surface area contributed by atoms with Crippen LogP contribution in [0.2, 0.25) is 0 Å². The van der Waals surface area contributed by atoms with Gasteiger partial charge in [-0.05, 0) is 99.2 Å². The monoisotopic (exact) mass is 402 g/mol. The highest BCUT2D eigenvalue weighted by Crippen LogP contribution is 2.69. The van der Waals surface area contributed by atoms with Crippen LogP contribution >= 0.6 is 0 Å². The lowest BCUT2D eigenvalue weighted by Gasteiger charge is -2.61. The predicted octanol–water partition coefficient (Wildman–Crippen LogP) is 5.98. The van der Waals surface area contributed by atoms with Crippen molar-refractivity contribution < 1.29 is 14.2 Å². The van der Waals surface area contributed by atoms with Gasteiger partial charge in [-0.1, -0.05) is 19.9 Å². The lowest BCUT2D eigenvalue weighted by Crippen LogP contribution is -2.55. The van der Waals surface area contributed by atoms with E-state index in [0.29, 0.717) is 29.5 Å². The lowest BCUT2D eigenvalue weighted by molar-refractivity contribution is -0.219. The normalized spacial score (nSPS) is 51.1. The molecule has 4 aliphatic carbocycles. The van der Waals surface area contributed by atoms with E-state index in [1.54, 1.807) is 0 Å². The second-order valence-electron chi connectivity index (χ2n) is 11.6. The fourth-order valence-electron chi connectivity index (χ4n) is 9.17. The molecule has 0 aromatic carbocycles. The van der Waals surface area contributed by atoms with Crippen molar-refractivity contribution in [3.8, 4) is 0 Å². The molecule has 1 aliphatic heterocycles. The minimum absolute atomic E-state index is 0.335. The number of ether oxygens (including phenoxy) is 3. The van der Waals surface area contributed by atoms with Gasteiger partial charge in [0.25, 0.3) is 0 Å². The van der Waals surface area contributed by atoms with Crippen molar-refractivity contribution in [2.75, 3.05) is 19.8 Å². The minimum atomic E-state index is -0.335. The Morgan fingerprint density at radius 1 is 0.897 bits per heavy atom. The van der Waals surface area contributed by atoms with Crippen molar-refractivity contribution in [2.24, 2.45) is 40.4 Å². The molecule has 1 saturated heterocycles. The predicted molar refractivity (Wildman–Crippen MR) is 115 cm³/mol. The molecule has 0 bridgehead atoms. The van der Waals surface area contributed by atoms with E-state index < -0.39 is 0 Å². The van der Waals surface area contributed by atoms with Gasteiger partial charge in [0.15, 0.2) is 5.79 Å². The van der Waals surface area contributed by atoms with Crippen LogP contribution in [-0.4, -0.2) is 31.7 Å². The van der Waals surface area contributed by atoms with Gasteiger partial charge in [-0.15, -0.1) is 6.58 Å². The molecular weight excluding hydrogens is 360 g/mol. The van der Waals surface area contributed by atoms with E-state index in [4.69, 9.17) is 14.2 Å². The zero-order chi connectivity index (χ0) is 20.3. The number of hydrogen-bond acceptors (Lipinski definition) is 3. The van der Waals surface area contributed by atoms with Gasteiger partial charge in [0.05, 0.1) is 25.9 Å². The van der Waals surface area contributed by atoms with Crippen LogP contribution in [0.15, 0.2) is 12.7 Å².